The van der Waals surface area contributed by atoms with Crippen LogP contribution in [0, 0.1) is 6.92 Å². The van der Waals surface area contributed by atoms with Crippen LogP contribution in [0.25, 0.3) is 0 Å². The maximum Gasteiger partial charge on any atom is 0.186 e. The van der Waals surface area contributed by atoms with E-state index >= 15 is 0 Å². The van der Waals surface area contributed by atoms with E-state index in [4.69, 9.17) is 4.74 Å². The Bertz CT molecular complexity index is 711. The molecular weight excluding hydrogens is 254 g/mol. The third-order valence-corrected chi connectivity index (χ3v) is 3.50. The molecule has 102 valence electrons. The van der Waals surface area contributed by atoms with E-state index in [2.05, 4.69) is 10.1 Å². The van der Waals surface area contributed by atoms with Gasteiger partial charge in [-0.05, 0) is 31.2 Å². The first kappa shape index (κ1) is 12.6. The summed E-state index contributed by atoms with van der Waals surface area (Å²) in [7, 11) is 3.46. The largest absolute Gasteiger partial charge is 0.497 e. The van der Waals surface area contributed by atoms with Crippen LogP contribution in [-0.2, 0) is 18.3 Å². The Morgan fingerprint density at radius 3 is 2.60 bits per heavy atom. The van der Waals surface area contributed by atoms with Crippen LogP contribution >= 0.6 is 0 Å². The van der Waals surface area contributed by atoms with Crippen molar-refractivity contribution in [2.45, 2.75) is 13.3 Å². The van der Waals surface area contributed by atoms with E-state index in [1.807, 2.05) is 38.2 Å². The molecule has 0 aliphatic carbocycles. The van der Waals surface area contributed by atoms with E-state index in [0.29, 0.717) is 12.1 Å². The average molecular weight is 269 g/mol. The summed E-state index contributed by atoms with van der Waals surface area (Å²) in [5.41, 5.74) is 3.09. The van der Waals surface area contributed by atoms with E-state index in [-0.39, 0.29) is 5.78 Å². The van der Waals surface area contributed by atoms with Gasteiger partial charge < -0.3 is 4.74 Å². The topological polar surface area (TPSA) is 56.5 Å². The number of methoxy groups -OCH3 is 1. The van der Waals surface area contributed by atoms with Crippen molar-refractivity contribution in [3.05, 3.63) is 41.1 Å². The standard InChI is InChI=1S/C15H15N3O2/c1-9-12-8-13(19)14(16-15(12)18(2)17-9)10-4-6-11(20-3)7-5-10/h4-7H,8H2,1-3H3. The van der Waals surface area contributed by atoms with Gasteiger partial charge in [0.2, 0.25) is 0 Å². The van der Waals surface area contributed by atoms with E-state index in [9.17, 15) is 4.79 Å². The van der Waals surface area contributed by atoms with Crippen LogP contribution < -0.4 is 4.74 Å². The van der Waals surface area contributed by atoms with Gasteiger partial charge in [0.25, 0.3) is 0 Å². The number of hydrogen-bond acceptors (Lipinski definition) is 4. The minimum atomic E-state index is 0.0266. The molecule has 0 unspecified atom stereocenters. The predicted octanol–water partition coefficient (Wildman–Crippen LogP) is 1.98. The van der Waals surface area contributed by atoms with Crippen molar-refractivity contribution in [1.82, 2.24) is 9.78 Å². The third kappa shape index (κ3) is 1.91. The third-order valence-electron chi connectivity index (χ3n) is 3.50. The summed E-state index contributed by atoms with van der Waals surface area (Å²) in [4.78, 5) is 16.8. The molecule has 20 heavy (non-hydrogen) atoms. The molecule has 0 N–H and O–H groups in total. The number of aromatic nitrogens is 2. The second kappa shape index (κ2) is 4.59. The number of carbonyl (C=O) groups is 1. The van der Waals surface area contributed by atoms with Crippen LogP contribution in [0.4, 0.5) is 5.82 Å². The summed E-state index contributed by atoms with van der Waals surface area (Å²) in [6.45, 7) is 1.90. The van der Waals surface area contributed by atoms with Crippen LogP contribution in [0.5, 0.6) is 5.75 Å². The molecule has 2 heterocycles. The monoisotopic (exact) mass is 269 g/mol. The number of rotatable bonds is 2. The molecule has 1 aliphatic heterocycles. The number of ketones is 1. The summed E-state index contributed by atoms with van der Waals surface area (Å²) < 4.78 is 6.85. The lowest BCUT2D eigenvalue weighted by atomic mass is 9.97. The van der Waals surface area contributed by atoms with Gasteiger partial charge in [0, 0.05) is 24.6 Å². The lowest BCUT2D eigenvalue weighted by Gasteiger charge is -2.13. The molecule has 5 nitrogen and oxygen atoms in total. The predicted molar refractivity (Wildman–Crippen MR) is 75.8 cm³/mol. The van der Waals surface area contributed by atoms with E-state index in [0.717, 1.165) is 28.4 Å². The van der Waals surface area contributed by atoms with E-state index in [1.165, 1.54) is 0 Å². The first-order valence-corrected chi connectivity index (χ1v) is 6.39. The Balaban J connectivity index is 2.08. The van der Waals surface area contributed by atoms with Gasteiger partial charge in [-0.3, -0.25) is 9.48 Å². The van der Waals surface area contributed by atoms with E-state index in [1.54, 1.807) is 11.8 Å². The Morgan fingerprint density at radius 2 is 1.95 bits per heavy atom. The molecule has 0 radical (unpaired) electrons. The molecule has 0 fully saturated rings. The van der Waals surface area contributed by atoms with Gasteiger partial charge in [-0.15, -0.1) is 0 Å². The van der Waals surface area contributed by atoms with Crippen molar-refractivity contribution in [2.24, 2.45) is 12.0 Å². The molecule has 0 bridgehead atoms. The van der Waals surface area contributed by atoms with Crippen molar-refractivity contribution in [3.63, 3.8) is 0 Å². The lowest BCUT2D eigenvalue weighted by Crippen LogP contribution is -2.21. The van der Waals surface area contributed by atoms with Crippen molar-refractivity contribution >= 4 is 17.3 Å². The highest BCUT2D eigenvalue weighted by Gasteiger charge is 2.26. The molecule has 1 aliphatic rings. The molecule has 0 spiro atoms. The Morgan fingerprint density at radius 1 is 1.25 bits per heavy atom. The summed E-state index contributed by atoms with van der Waals surface area (Å²) in [5, 5.41) is 4.32. The zero-order valence-electron chi connectivity index (χ0n) is 11.7. The second-order valence-corrected chi connectivity index (χ2v) is 4.80. The summed E-state index contributed by atoms with van der Waals surface area (Å²) >= 11 is 0. The fraction of sp³-hybridized carbons (Fsp3) is 0.267. The summed E-state index contributed by atoms with van der Waals surface area (Å²) in [6, 6.07) is 7.36. The van der Waals surface area contributed by atoms with Crippen molar-refractivity contribution < 1.29 is 9.53 Å². The Hall–Kier alpha value is -2.43. The van der Waals surface area contributed by atoms with Crippen LogP contribution in [-0.4, -0.2) is 28.4 Å². The zero-order valence-corrected chi connectivity index (χ0v) is 11.7. The van der Waals surface area contributed by atoms with Gasteiger partial charge in [-0.1, -0.05) is 0 Å². The van der Waals surface area contributed by atoms with Crippen molar-refractivity contribution in [1.29, 1.82) is 0 Å². The highest BCUT2D eigenvalue weighted by atomic mass is 16.5. The van der Waals surface area contributed by atoms with Gasteiger partial charge in [0.05, 0.1) is 12.8 Å². The fourth-order valence-corrected chi connectivity index (χ4v) is 2.42. The first-order chi connectivity index (χ1) is 9.60. The number of benzene rings is 1. The number of Topliss-reactive ketones (excluding diaryl/α,β-unsaturated/α-hetero) is 1. The van der Waals surface area contributed by atoms with Crippen molar-refractivity contribution in [3.8, 4) is 5.75 Å². The number of fused-ring (bicyclic) bond motifs is 1. The quantitative estimate of drug-likeness (QED) is 0.837. The van der Waals surface area contributed by atoms with Crippen LogP contribution in [0.2, 0.25) is 0 Å². The molecule has 2 aromatic rings. The Kier molecular flexibility index (Phi) is 2.89. The number of aryl methyl sites for hydroxylation is 2. The average Bonchev–Trinajstić information content (AvgIpc) is 2.73. The highest BCUT2D eigenvalue weighted by molar-refractivity contribution is 6.47. The molecule has 0 amide bonds. The number of hydrogen-bond donors (Lipinski definition) is 0. The molecule has 1 aromatic carbocycles. The maximum atomic E-state index is 12.3. The molecule has 0 saturated carbocycles. The molecule has 5 heteroatoms. The number of carbonyl (C=O) groups excluding carboxylic acids is 1. The van der Waals surface area contributed by atoms with Crippen LogP contribution in [0.15, 0.2) is 29.3 Å². The summed E-state index contributed by atoms with van der Waals surface area (Å²) in [5.74, 6) is 1.56. The second-order valence-electron chi connectivity index (χ2n) is 4.80. The molecule has 0 atom stereocenters. The maximum absolute atomic E-state index is 12.3. The fourth-order valence-electron chi connectivity index (χ4n) is 2.42. The molecule has 1 aromatic heterocycles. The number of nitrogens with zero attached hydrogens (tertiary/aromatic N) is 3. The van der Waals surface area contributed by atoms with Gasteiger partial charge in [-0.25, -0.2) is 4.99 Å². The number of aliphatic imine (C=N–C) groups is 1. The SMILES string of the molecule is COc1ccc(C2=Nc3c(c(C)nn3C)CC2=O)cc1. The highest BCUT2D eigenvalue weighted by Crippen LogP contribution is 2.28. The zero-order chi connectivity index (χ0) is 14.3. The summed E-state index contributed by atoms with van der Waals surface area (Å²) in [6.07, 6.45) is 0.361. The number of ether oxygens (including phenoxy) is 1. The normalized spacial score (nSPS) is 13.9. The Labute approximate surface area is 116 Å². The minimum absolute atomic E-state index is 0.0266. The smallest absolute Gasteiger partial charge is 0.186 e. The van der Waals surface area contributed by atoms with E-state index < -0.39 is 0 Å². The molecule has 0 saturated heterocycles. The van der Waals surface area contributed by atoms with Gasteiger partial charge in [-0.2, -0.15) is 5.10 Å². The van der Waals surface area contributed by atoms with Crippen LogP contribution in [0.3, 0.4) is 0 Å². The van der Waals surface area contributed by atoms with Crippen molar-refractivity contribution in [2.75, 3.05) is 7.11 Å². The van der Waals surface area contributed by atoms with Gasteiger partial charge >= 0.3 is 0 Å². The minimum Gasteiger partial charge on any atom is -0.497 e. The van der Waals surface area contributed by atoms with Gasteiger partial charge in [0.15, 0.2) is 11.6 Å². The van der Waals surface area contributed by atoms with Crippen LogP contribution in [0.1, 0.15) is 16.8 Å². The lowest BCUT2D eigenvalue weighted by molar-refractivity contribution is -0.112. The van der Waals surface area contributed by atoms with Gasteiger partial charge in [0.1, 0.15) is 11.5 Å². The molecular formula is C15H15N3O2. The molecule has 3 rings (SSSR count). The first-order valence-electron chi connectivity index (χ1n) is 6.39.